The molecule has 0 amide bonds. The van der Waals surface area contributed by atoms with Gasteiger partial charge in [-0.05, 0) is 58.1 Å². The predicted octanol–water partition coefficient (Wildman–Crippen LogP) is 10.7. The van der Waals surface area contributed by atoms with Crippen molar-refractivity contribution in [1.82, 2.24) is 0 Å². The SMILES string of the molecule is C(=C\c1cccc(N(c2cccc(-c3ccccc3)c2)c2ccccc2-c2ccccc2)c1)/c1ccccc1. The molecule has 0 bridgehead atoms. The van der Waals surface area contributed by atoms with E-state index < -0.39 is 0 Å². The van der Waals surface area contributed by atoms with Gasteiger partial charge in [0.05, 0.1) is 5.69 Å². The first kappa shape index (κ1) is 24.2. The molecular weight excluding hydrogens is 470 g/mol. The third kappa shape index (κ3) is 5.58. The van der Waals surface area contributed by atoms with E-state index in [9.17, 15) is 0 Å². The second-order valence-electron chi connectivity index (χ2n) is 9.47. The second-order valence-corrected chi connectivity index (χ2v) is 9.47. The van der Waals surface area contributed by atoms with E-state index in [1.54, 1.807) is 0 Å². The Hall–Kier alpha value is -5.14. The minimum absolute atomic E-state index is 1.11. The Kier molecular flexibility index (Phi) is 7.14. The van der Waals surface area contributed by atoms with Crippen molar-refractivity contribution in [1.29, 1.82) is 0 Å². The molecular formula is C38H29N. The predicted molar refractivity (Wildman–Crippen MR) is 167 cm³/mol. The molecule has 1 nitrogen and oxygen atoms in total. The maximum Gasteiger partial charge on any atom is 0.0540 e. The first-order valence-corrected chi connectivity index (χ1v) is 13.3. The molecule has 6 rings (SSSR count). The van der Waals surface area contributed by atoms with Gasteiger partial charge in [0.15, 0.2) is 0 Å². The lowest BCUT2D eigenvalue weighted by Crippen LogP contribution is -2.11. The molecule has 186 valence electrons. The van der Waals surface area contributed by atoms with E-state index >= 15 is 0 Å². The van der Waals surface area contributed by atoms with Crippen molar-refractivity contribution in [2.75, 3.05) is 4.90 Å². The van der Waals surface area contributed by atoms with Gasteiger partial charge < -0.3 is 4.90 Å². The van der Waals surface area contributed by atoms with Gasteiger partial charge >= 0.3 is 0 Å². The van der Waals surface area contributed by atoms with Gasteiger partial charge in [0.25, 0.3) is 0 Å². The number of anilines is 3. The van der Waals surface area contributed by atoms with Crippen LogP contribution in [0.2, 0.25) is 0 Å². The summed E-state index contributed by atoms with van der Waals surface area (Å²) >= 11 is 0. The van der Waals surface area contributed by atoms with Crippen LogP contribution in [0, 0.1) is 0 Å². The molecule has 1 heteroatoms. The van der Waals surface area contributed by atoms with Crippen LogP contribution >= 0.6 is 0 Å². The molecule has 6 aromatic rings. The molecule has 0 spiro atoms. The Morgan fingerprint density at radius 2 is 0.872 bits per heavy atom. The smallest absolute Gasteiger partial charge is 0.0540 e. The van der Waals surface area contributed by atoms with E-state index in [1.807, 2.05) is 6.07 Å². The fraction of sp³-hybridized carbons (Fsp3) is 0. The van der Waals surface area contributed by atoms with Crippen LogP contribution in [0.1, 0.15) is 11.1 Å². The monoisotopic (exact) mass is 499 g/mol. The van der Waals surface area contributed by atoms with Crippen LogP contribution in [0.25, 0.3) is 34.4 Å². The van der Waals surface area contributed by atoms with Gasteiger partial charge in [-0.1, -0.05) is 146 Å². The fourth-order valence-electron chi connectivity index (χ4n) is 4.94. The normalized spacial score (nSPS) is 11.0. The highest BCUT2D eigenvalue weighted by Crippen LogP contribution is 2.41. The zero-order valence-corrected chi connectivity index (χ0v) is 21.7. The lowest BCUT2D eigenvalue weighted by molar-refractivity contribution is 1.28. The third-order valence-corrected chi connectivity index (χ3v) is 6.84. The Labute approximate surface area is 231 Å². The lowest BCUT2D eigenvalue weighted by Gasteiger charge is -2.28. The van der Waals surface area contributed by atoms with Crippen molar-refractivity contribution >= 4 is 29.2 Å². The van der Waals surface area contributed by atoms with Gasteiger partial charge in [-0.3, -0.25) is 0 Å². The molecule has 39 heavy (non-hydrogen) atoms. The van der Waals surface area contributed by atoms with Crippen LogP contribution in [-0.2, 0) is 0 Å². The molecule has 6 aromatic carbocycles. The summed E-state index contributed by atoms with van der Waals surface area (Å²) in [7, 11) is 0. The van der Waals surface area contributed by atoms with Crippen LogP contribution < -0.4 is 4.90 Å². The van der Waals surface area contributed by atoms with Crippen molar-refractivity contribution < 1.29 is 0 Å². The Morgan fingerprint density at radius 3 is 1.62 bits per heavy atom. The van der Waals surface area contributed by atoms with Gasteiger partial charge in [0, 0.05) is 16.9 Å². The summed E-state index contributed by atoms with van der Waals surface area (Å²) < 4.78 is 0. The van der Waals surface area contributed by atoms with E-state index in [-0.39, 0.29) is 0 Å². The third-order valence-electron chi connectivity index (χ3n) is 6.84. The summed E-state index contributed by atoms with van der Waals surface area (Å²) in [6, 6.07) is 57.8. The molecule has 0 fully saturated rings. The summed E-state index contributed by atoms with van der Waals surface area (Å²) in [4.78, 5) is 2.37. The zero-order valence-electron chi connectivity index (χ0n) is 21.7. The number of rotatable bonds is 7. The molecule has 0 radical (unpaired) electrons. The van der Waals surface area contributed by atoms with Gasteiger partial charge in [-0.25, -0.2) is 0 Å². The number of para-hydroxylation sites is 1. The van der Waals surface area contributed by atoms with Gasteiger partial charge in [0.2, 0.25) is 0 Å². The molecule has 0 unspecified atom stereocenters. The number of hydrogen-bond donors (Lipinski definition) is 0. The molecule has 0 aliphatic rings. The molecule has 0 aliphatic heterocycles. The minimum atomic E-state index is 1.11. The fourth-order valence-corrected chi connectivity index (χ4v) is 4.94. The molecule has 0 N–H and O–H groups in total. The number of hydrogen-bond acceptors (Lipinski definition) is 1. The van der Waals surface area contributed by atoms with Crippen molar-refractivity contribution in [2.24, 2.45) is 0 Å². The standard InChI is InChI=1S/C38H29N/c1-4-14-30(15-5-1)26-27-31-16-12-22-35(28-31)39(36-23-13-21-34(29-36)32-17-6-2-7-18-32)38-25-11-10-24-37(38)33-19-8-3-9-20-33/h1-29H/b27-26+. The number of benzene rings is 6. The van der Waals surface area contributed by atoms with Gasteiger partial charge in [-0.15, -0.1) is 0 Å². The molecule has 0 saturated carbocycles. The van der Waals surface area contributed by atoms with E-state index in [4.69, 9.17) is 0 Å². The van der Waals surface area contributed by atoms with Crippen LogP contribution in [0.5, 0.6) is 0 Å². The van der Waals surface area contributed by atoms with Gasteiger partial charge in [0.1, 0.15) is 0 Å². The summed E-state index contributed by atoms with van der Waals surface area (Å²) in [6.07, 6.45) is 4.35. The van der Waals surface area contributed by atoms with Crippen molar-refractivity contribution in [2.45, 2.75) is 0 Å². The van der Waals surface area contributed by atoms with E-state index in [1.165, 1.54) is 27.8 Å². The first-order chi connectivity index (χ1) is 19.3. The van der Waals surface area contributed by atoms with Crippen LogP contribution in [0.15, 0.2) is 164 Å². The average Bonchev–Trinajstić information content (AvgIpc) is 3.02. The molecule has 0 heterocycles. The highest BCUT2D eigenvalue weighted by atomic mass is 15.1. The highest BCUT2D eigenvalue weighted by molar-refractivity contribution is 5.89. The van der Waals surface area contributed by atoms with Crippen LogP contribution in [-0.4, -0.2) is 0 Å². The average molecular weight is 500 g/mol. The molecule has 0 aliphatic carbocycles. The summed E-state index contributed by atoms with van der Waals surface area (Å²) in [5.41, 5.74) is 10.5. The van der Waals surface area contributed by atoms with Crippen molar-refractivity contribution in [3.8, 4) is 22.3 Å². The number of nitrogens with zero attached hydrogens (tertiary/aromatic N) is 1. The van der Waals surface area contributed by atoms with Crippen molar-refractivity contribution in [3.63, 3.8) is 0 Å². The van der Waals surface area contributed by atoms with E-state index in [0.717, 1.165) is 22.6 Å². The molecule has 0 saturated heterocycles. The zero-order chi connectivity index (χ0) is 26.3. The summed E-state index contributed by atoms with van der Waals surface area (Å²) in [5.74, 6) is 0. The van der Waals surface area contributed by atoms with Crippen LogP contribution in [0.4, 0.5) is 17.1 Å². The van der Waals surface area contributed by atoms with E-state index in [2.05, 4.69) is 175 Å². The summed E-state index contributed by atoms with van der Waals surface area (Å²) in [6.45, 7) is 0. The van der Waals surface area contributed by atoms with Crippen molar-refractivity contribution in [3.05, 3.63) is 175 Å². The largest absolute Gasteiger partial charge is 0.310 e. The molecule has 0 atom stereocenters. The second kappa shape index (κ2) is 11.5. The Morgan fingerprint density at radius 1 is 0.359 bits per heavy atom. The lowest BCUT2D eigenvalue weighted by atomic mass is 10.0. The topological polar surface area (TPSA) is 3.24 Å². The van der Waals surface area contributed by atoms with E-state index in [0.29, 0.717) is 0 Å². The quantitative estimate of drug-likeness (QED) is 0.197. The maximum atomic E-state index is 2.37. The van der Waals surface area contributed by atoms with Gasteiger partial charge in [-0.2, -0.15) is 0 Å². The maximum absolute atomic E-state index is 2.37. The highest BCUT2D eigenvalue weighted by Gasteiger charge is 2.17. The Bertz CT molecular complexity index is 1690. The Balaban J connectivity index is 1.50. The minimum Gasteiger partial charge on any atom is -0.310 e. The molecule has 0 aromatic heterocycles. The summed E-state index contributed by atoms with van der Waals surface area (Å²) in [5, 5.41) is 0. The first-order valence-electron chi connectivity index (χ1n) is 13.3. The van der Waals surface area contributed by atoms with Crippen LogP contribution in [0.3, 0.4) is 0 Å².